The molecule has 0 aliphatic rings. The van der Waals surface area contributed by atoms with Gasteiger partial charge in [0.2, 0.25) is 0 Å². The van der Waals surface area contributed by atoms with E-state index in [1.54, 1.807) is 6.07 Å². The van der Waals surface area contributed by atoms with Crippen molar-refractivity contribution in [1.29, 1.82) is 0 Å². The molecule has 0 atom stereocenters. The molecule has 26 heavy (non-hydrogen) atoms. The summed E-state index contributed by atoms with van der Waals surface area (Å²) >= 11 is 0. The first-order valence-electron chi connectivity index (χ1n) is 9.51. The number of aromatic hydroxyl groups is 1. The van der Waals surface area contributed by atoms with Gasteiger partial charge in [-0.2, -0.15) is 0 Å². The van der Waals surface area contributed by atoms with Crippen LogP contribution in [0.4, 0.5) is 0 Å². The van der Waals surface area contributed by atoms with E-state index in [0.717, 1.165) is 43.4 Å². The smallest absolute Gasteiger partial charge is 0.161 e. The average Bonchev–Trinajstić information content (AvgIpc) is 2.64. The van der Waals surface area contributed by atoms with E-state index in [2.05, 4.69) is 13.8 Å². The quantitative estimate of drug-likeness (QED) is 0.350. The summed E-state index contributed by atoms with van der Waals surface area (Å²) in [5, 5.41) is 10.1. The lowest BCUT2D eigenvalue weighted by atomic mass is 10.0. The second kappa shape index (κ2) is 14.8. The van der Waals surface area contributed by atoms with Crippen LogP contribution in [0, 0.1) is 0 Å². The minimum atomic E-state index is 0.135. The number of aryl methyl sites for hydroxylation is 1. The van der Waals surface area contributed by atoms with Crippen LogP contribution < -0.4 is 4.74 Å². The van der Waals surface area contributed by atoms with E-state index >= 15 is 0 Å². The molecule has 0 fully saturated rings. The average molecular weight is 370 g/mol. The van der Waals surface area contributed by atoms with Gasteiger partial charge in [0.1, 0.15) is 13.6 Å². The first-order chi connectivity index (χ1) is 12.7. The van der Waals surface area contributed by atoms with Crippen molar-refractivity contribution < 1.29 is 28.8 Å². The monoisotopic (exact) mass is 370 g/mol. The van der Waals surface area contributed by atoms with Gasteiger partial charge in [-0.3, -0.25) is 0 Å². The Hall–Kier alpha value is -1.34. The molecular weight excluding hydrogens is 336 g/mol. The molecule has 0 aliphatic heterocycles. The van der Waals surface area contributed by atoms with Gasteiger partial charge in [-0.1, -0.05) is 27.2 Å². The predicted octanol–water partition coefficient (Wildman–Crippen LogP) is 4.02. The number of hydrogen-bond donors (Lipinski definition) is 1. The summed E-state index contributed by atoms with van der Waals surface area (Å²) in [6.07, 6.45) is 3.82. The fourth-order valence-electron chi connectivity index (χ4n) is 2.34. The standard InChI is InChI=1S/C20H34O6/c1-4-7-17-13-20(26-9-6-3)19(21)12-18(17)14-24-16-25-15-23-11-10-22-8-5-2/h12-13,21H,4-11,14-16H2,1-3H3. The molecule has 0 spiro atoms. The zero-order valence-corrected chi connectivity index (χ0v) is 16.4. The maximum atomic E-state index is 10.1. The summed E-state index contributed by atoms with van der Waals surface area (Å²) in [6.45, 7) is 9.33. The van der Waals surface area contributed by atoms with Gasteiger partial charge >= 0.3 is 0 Å². The van der Waals surface area contributed by atoms with Crippen molar-refractivity contribution in [2.45, 2.75) is 53.1 Å². The van der Waals surface area contributed by atoms with Gasteiger partial charge in [-0.05, 0) is 42.5 Å². The van der Waals surface area contributed by atoms with Crippen LogP contribution in [-0.4, -0.2) is 45.1 Å². The van der Waals surface area contributed by atoms with Crippen molar-refractivity contribution in [3.63, 3.8) is 0 Å². The van der Waals surface area contributed by atoms with Crippen molar-refractivity contribution in [1.82, 2.24) is 0 Å². The fourth-order valence-corrected chi connectivity index (χ4v) is 2.34. The molecule has 0 amide bonds. The maximum Gasteiger partial charge on any atom is 0.161 e. The second-order valence-corrected chi connectivity index (χ2v) is 6.00. The molecule has 1 rings (SSSR count). The number of phenols is 1. The largest absolute Gasteiger partial charge is 0.504 e. The topological polar surface area (TPSA) is 66.4 Å². The molecule has 0 saturated carbocycles. The van der Waals surface area contributed by atoms with Gasteiger partial charge in [0.05, 0.1) is 26.4 Å². The van der Waals surface area contributed by atoms with Crippen LogP contribution in [0.15, 0.2) is 12.1 Å². The van der Waals surface area contributed by atoms with Gasteiger partial charge in [0, 0.05) is 6.61 Å². The van der Waals surface area contributed by atoms with Crippen LogP contribution in [0.2, 0.25) is 0 Å². The lowest BCUT2D eigenvalue weighted by Crippen LogP contribution is -2.10. The van der Waals surface area contributed by atoms with Crippen LogP contribution in [0.3, 0.4) is 0 Å². The van der Waals surface area contributed by atoms with Crippen molar-refractivity contribution in [3.8, 4) is 11.5 Å². The van der Waals surface area contributed by atoms with E-state index in [4.69, 9.17) is 23.7 Å². The van der Waals surface area contributed by atoms with Crippen molar-refractivity contribution in [2.24, 2.45) is 0 Å². The molecular formula is C20H34O6. The van der Waals surface area contributed by atoms with Gasteiger partial charge in [0.25, 0.3) is 0 Å². The van der Waals surface area contributed by atoms with E-state index in [0.29, 0.717) is 32.2 Å². The SMILES string of the molecule is CCCOCCOCOCOCc1cc(O)c(OCCC)cc1CCC. The third-order valence-electron chi connectivity index (χ3n) is 3.57. The van der Waals surface area contributed by atoms with Crippen LogP contribution in [0.5, 0.6) is 11.5 Å². The number of phenolic OH excluding ortho intramolecular Hbond substituents is 1. The summed E-state index contributed by atoms with van der Waals surface area (Å²) in [5.74, 6) is 0.683. The van der Waals surface area contributed by atoms with Crippen LogP contribution in [-0.2, 0) is 32.0 Å². The van der Waals surface area contributed by atoms with E-state index in [1.165, 1.54) is 0 Å². The summed E-state index contributed by atoms with van der Waals surface area (Å²) < 4.78 is 27.0. The highest BCUT2D eigenvalue weighted by Crippen LogP contribution is 2.31. The van der Waals surface area contributed by atoms with Gasteiger partial charge in [-0.25, -0.2) is 0 Å². The number of rotatable bonds is 16. The Kier molecular flexibility index (Phi) is 12.9. The molecule has 0 unspecified atom stereocenters. The van der Waals surface area contributed by atoms with Gasteiger partial charge < -0.3 is 28.8 Å². The highest BCUT2D eigenvalue weighted by molar-refractivity contribution is 5.46. The molecule has 0 bridgehead atoms. The molecule has 1 aromatic rings. The Labute approximate surface area is 157 Å². The van der Waals surface area contributed by atoms with Crippen molar-refractivity contribution >= 4 is 0 Å². The first-order valence-corrected chi connectivity index (χ1v) is 9.51. The van der Waals surface area contributed by atoms with E-state index in [1.807, 2.05) is 13.0 Å². The van der Waals surface area contributed by atoms with E-state index < -0.39 is 0 Å². The number of ether oxygens (including phenoxy) is 5. The lowest BCUT2D eigenvalue weighted by molar-refractivity contribution is -0.140. The zero-order valence-electron chi connectivity index (χ0n) is 16.4. The Morgan fingerprint density at radius 1 is 0.731 bits per heavy atom. The molecule has 0 aliphatic carbocycles. The zero-order chi connectivity index (χ0) is 19.0. The van der Waals surface area contributed by atoms with Crippen molar-refractivity contribution in [3.05, 3.63) is 23.3 Å². The van der Waals surface area contributed by atoms with E-state index in [-0.39, 0.29) is 19.3 Å². The number of hydrogen-bond acceptors (Lipinski definition) is 6. The Morgan fingerprint density at radius 2 is 1.46 bits per heavy atom. The first kappa shape index (κ1) is 22.7. The molecule has 0 radical (unpaired) electrons. The Bertz CT molecular complexity index is 478. The summed E-state index contributed by atoms with van der Waals surface area (Å²) in [4.78, 5) is 0. The summed E-state index contributed by atoms with van der Waals surface area (Å²) in [5.41, 5.74) is 2.08. The molecule has 6 nitrogen and oxygen atoms in total. The van der Waals surface area contributed by atoms with Crippen LogP contribution in [0.25, 0.3) is 0 Å². The molecule has 0 aromatic heterocycles. The molecule has 1 N–H and O–H groups in total. The van der Waals surface area contributed by atoms with Crippen molar-refractivity contribution in [2.75, 3.05) is 40.0 Å². The highest BCUT2D eigenvalue weighted by atomic mass is 16.7. The molecule has 1 aromatic carbocycles. The minimum absolute atomic E-state index is 0.135. The third-order valence-corrected chi connectivity index (χ3v) is 3.57. The van der Waals surface area contributed by atoms with Crippen LogP contribution in [0.1, 0.15) is 51.2 Å². The number of benzene rings is 1. The van der Waals surface area contributed by atoms with Gasteiger partial charge in [-0.15, -0.1) is 0 Å². The summed E-state index contributed by atoms with van der Waals surface area (Å²) in [7, 11) is 0. The van der Waals surface area contributed by atoms with Crippen LogP contribution >= 0.6 is 0 Å². The third kappa shape index (κ3) is 9.38. The summed E-state index contributed by atoms with van der Waals surface area (Å²) in [6, 6.07) is 3.63. The van der Waals surface area contributed by atoms with Gasteiger partial charge in [0.15, 0.2) is 11.5 Å². The van der Waals surface area contributed by atoms with E-state index in [9.17, 15) is 5.11 Å². The second-order valence-electron chi connectivity index (χ2n) is 6.00. The lowest BCUT2D eigenvalue weighted by Gasteiger charge is -2.14. The molecule has 150 valence electrons. The normalized spacial score (nSPS) is 11.0. The maximum absolute atomic E-state index is 10.1. The Balaban J connectivity index is 2.33. The molecule has 0 heterocycles. The highest BCUT2D eigenvalue weighted by Gasteiger charge is 2.10. The molecule has 6 heteroatoms. The molecule has 0 saturated heterocycles. The fraction of sp³-hybridized carbons (Fsp3) is 0.700. The minimum Gasteiger partial charge on any atom is -0.504 e. The Morgan fingerprint density at radius 3 is 2.19 bits per heavy atom. The predicted molar refractivity (Wildman–Crippen MR) is 101 cm³/mol.